The zero-order chi connectivity index (χ0) is 22.5. The second-order valence-electron chi connectivity index (χ2n) is 8.95. The Kier molecular flexibility index (Phi) is 8.08. The maximum Gasteiger partial charge on any atom is 0.243 e. The van der Waals surface area contributed by atoms with Crippen molar-refractivity contribution in [3.63, 3.8) is 0 Å². The molecule has 5 heteroatoms. The lowest BCUT2D eigenvalue weighted by atomic mass is 10.0. The number of carbonyl (C=O) groups is 2. The number of benzene rings is 2. The zero-order valence-electron chi connectivity index (χ0n) is 18.9. The van der Waals surface area contributed by atoms with Crippen LogP contribution in [0.25, 0.3) is 0 Å². The first kappa shape index (κ1) is 23.9. The molecule has 0 bridgehead atoms. The van der Waals surface area contributed by atoms with Crippen molar-refractivity contribution in [2.24, 2.45) is 0 Å². The number of hydrogen-bond donors (Lipinski definition) is 1. The minimum Gasteiger partial charge on any atom is -0.350 e. The predicted molar refractivity (Wildman–Crippen MR) is 124 cm³/mol. The number of halogens is 1. The summed E-state index contributed by atoms with van der Waals surface area (Å²) in [7, 11) is 0. The Morgan fingerprint density at radius 3 is 2.20 bits per heavy atom. The summed E-state index contributed by atoms with van der Waals surface area (Å²) in [6.45, 7) is 12.1. The van der Waals surface area contributed by atoms with Gasteiger partial charge in [0.15, 0.2) is 0 Å². The summed E-state index contributed by atoms with van der Waals surface area (Å²) in [4.78, 5) is 28.1. The molecule has 2 rings (SSSR count). The van der Waals surface area contributed by atoms with Crippen molar-refractivity contribution in [3.05, 3.63) is 69.7 Å². The number of carbonyl (C=O) groups excluding carboxylic acids is 2. The van der Waals surface area contributed by atoms with Crippen molar-refractivity contribution >= 4 is 23.4 Å². The summed E-state index contributed by atoms with van der Waals surface area (Å²) in [5.41, 5.74) is 3.64. The third kappa shape index (κ3) is 6.88. The zero-order valence-corrected chi connectivity index (χ0v) is 19.6. The molecule has 0 aliphatic heterocycles. The fourth-order valence-corrected chi connectivity index (χ4v) is 3.83. The Morgan fingerprint density at radius 2 is 1.67 bits per heavy atom. The number of hydrogen-bond acceptors (Lipinski definition) is 2. The summed E-state index contributed by atoms with van der Waals surface area (Å²) in [5.74, 6) is -0.235. The van der Waals surface area contributed by atoms with Gasteiger partial charge in [-0.25, -0.2) is 0 Å². The standard InChI is InChI=1S/C25H33ClN2O2/c1-7-22(24(30)27-25(4,5)6)28(16-20-10-8-9-11-21(20)26)23(29)15-19-13-17(2)12-18(3)14-19/h8-14,22H,7,15-16H2,1-6H3,(H,27,30)/t22-/m1/s1. The molecule has 4 nitrogen and oxygen atoms in total. The molecule has 0 unspecified atom stereocenters. The second kappa shape index (κ2) is 10.1. The molecule has 0 saturated carbocycles. The summed E-state index contributed by atoms with van der Waals surface area (Å²) in [6, 6.07) is 13.0. The number of amides is 2. The Hall–Kier alpha value is -2.33. The van der Waals surface area contributed by atoms with Crippen LogP contribution in [0.3, 0.4) is 0 Å². The SMILES string of the molecule is CC[C@H](C(=O)NC(C)(C)C)N(Cc1ccccc1Cl)C(=O)Cc1cc(C)cc(C)c1. The van der Waals surface area contributed by atoms with Crippen molar-refractivity contribution in [2.45, 2.75) is 72.5 Å². The highest BCUT2D eigenvalue weighted by Gasteiger charge is 2.31. The third-order valence-electron chi connectivity index (χ3n) is 4.82. The van der Waals surface area contributed by atoms with Gasteiger partial charge >= 0.3 is 0 Å². The maximum absolute atomic E-state index is 13.4. The molecule has 1 N–H and O–H groups in total. The third-order valence-corrected chi connectivity index (χ3v) is 5.19. The fraction of sp³-hybridized carbons (Fsp3) is 0.440. The largest absolute Gasteiger partial charge is 0.350 e. The van der Waals surface area contributed by atoms with E-state index in [1.54, 1.807) is 11.0 Å². The Bertz CT molecular complexity index is 882. The average Bonchev–Trinajstić information content (AvgIpc) is 2.60. The van der Waals surface area contributed by atoms with E-state index in [1.165, 1.54) is 0 Å². The molecule has 2 aromatic rings. The molecule has 0 aromatic heterocycles. The summed E-state index contributed by atoms with van der Waals surface area (Å²) in [5, 5.41) is 3.61. The summed E-state index contributed by atoms with van der Waals surface area (Å²) < 4.78 is 0. The lowest BCUT2D eigenvalue weighted by molar-refractivity contribution is -0.141. The van der Waals surface area contributed by atoms with E-state index < -0.39 is 6.04 Å². The van der Waals surface area contributed by atoms with E-state index in [2.05, 4.69) is 11.4 Å². The van der Waals surface area contributed by atoms with E-state index in [0.29, 0.717) is 18.0 Å². The molecule has 0 fully saturated rings. The van der Waals surface area contributed by atoms with Gasteiger partial charge in [-0.2, -0.15) is 0 Å². The Balaban J connectivity index is 2.36. The van der Waals surface area contributed by atoms with Crippen LogP contribution in [0.1, 0.15) is 56.4 Å². The van der Waals surface area contributed by atoms with Gasteiger partial charge in [0.25, 0.3) is 0 Å². The minimum absolute atomic E-state index is 0.0872. The van der Waals surface area contributed by atoms with E-state index in [4.69, 9.17) is 11.6 Å². The molecular weight excluding hydrogens is 396 g/mol. The van der Waals surface area contributed by atoms with Crippen molar-refractivity contribution < 1.29 is 9.59 Å². The molecule has 0 aliphatic carbocycles. The van der Waals surface area contributed by atoms with Crippen LogP contribution in [0.4, 0.5) is 0 Å². The molecule has 162 valence electrons. The molecule has 0 radical (unpaired) electrons. The molecule has 2 amide bonds. The topological polar surface area (TPSA) is 49.4 Å². The highest BCUT2D eigenvalue weighted by Crippen LogP contribution is 2.21. The quantitative estimate of drug-likeness (QED) is 0.657. The number of rotatable bonds is 7. The van der Waals surface area contributed by atoms with E-state index in [1.807, 2.05) is 71.9 Å². The van der Waals surface area contributed by atoms with Crippen LogP contribution in [0.5, 0.6) is 0 Å². The first-order valence-electron chi connectivity index (χ1n) is 10.4. The van der Waals surface area contributed by atoms with Crippen LogP contribution < -0.4 is 5.32 Å². The fourth-order valence-electron chi connectivity index (χ4n) is 3.63. The van der Waals surface area contributed by atoms with Crippen LogP contribution in [0.2, 0.25) is 5.02 Å². The lowest BCUT2D eigenvalue weighted by Gasteiger charge is -2.33. The van der Waals surface area contributed by atoms with E-state index >= 15 is 0 Å². The molecule has 0 heterocycles. The maximum atomic E-state index is 13.4. The predicted octanol–water partition coefficient (Wildman–Crippen LogP) is 5.22. The molecular formula is C25H33ClN2O2. The van der Waals surface area contributed by atoms with Crippen LogP contribution in [0, 0.1) is 13.8 Å². The Morgan fingerprint density at radius 1 is 1.07 bits per heavy atom. The van der Waals surface area contributed by atoms with Gasteiger partial charge < -0.3 is 10.2 Å². The molecule has 0 saturated heterocycles. The summed E-state index contributed by atoms with van der Waals surface area (Å²) in [6.07, 6.45) is 0.761. The van der Waals surface area contributed by atoms with Gasteiger partial charge in [0.2, 0.25) is 11.8 Å². The first-order chi connectivity index (χ1) is 14.0. The highest BCUT2D eigenvalue weighted by atomic mass is 35.5. The van der Waals surface area contributed by atoms with Gasteiger partial charge in [-0.3, -0.25) is 9.59 Å². The van der Waals surface area contributed by atoms with Gasteiger partial charge in [-0.15, -0.1) is 0 Å². The normalized spacial score (nSPS) is 12.4. The van der Waals surface area contributed by atoms with Crippen molar-refractivity contribution in [1.29, 1.82) is 0 Å². The van der Waals surface area contributed by atoms with Gasteiger partial charge in [-0.1, -0.05) is 66.0 Å². The monoisotopic (exact) mass is 428 g/mol. The molecule has 2 aromatic carbocycles. The molecule has 0 spiro atoms. The van der Waals surface area contributed by atoms with E-state index in [0.717, 1.165) is 22.3 Å². The van der Waals surface area contributed by atoms with Crippen molar-refractivity contribution in [3.8, 4) is 0 Å². The van der Waals surface area contributed by atoms with Crippen LogP contribution >= 0.6 is 11.6 Å². The molecule has 0 aliphatic rings. The van der Waals surface area contributed by atoms with Gasteiger partial charge in [0.1, 0.15) is 6.04 Å². The Labute approximate surface area is 185 Å². The molecule has 1 atom stereocenters. The number of nitrogens with one attached hydrogen (secondary N) is 1. The van der Waals surface area contributed by atoms with Crippen molar-refractivity contribution in [1.82, 2.24) is 10.2 Å². The molecule has 30 heavy (non-hydrogen) atoms. The smallest absolute Gasteiger partial charge is 0.243 e. The van der Waals surface area contributed by atoms with Crippen molar-refractivity contribution in [2.75, 3.05) is 0 Å². The highest BCUT2D eigenvalue weighted by molar-refractivity contribution is 6.31. The number of aryl methyl sites for hydroxylation is 2. The minimum atomic E-state index is -0.570. The first-order valence-corrected chi connectivity index (χ1v) is 10.8. The van der Waals surface area contributed by atoms with Crippen LogP contribution in [0.15, 0.2) is 42.5 Å². The lowest BCUT2D eigenvalue weighted by Crippen LogP contribution is -2.53. The average molecular weight is 429 g/mol. The van der Waals surface area contributed by atoms with Gasteiger partial charge in [-0.05, 0) is 58.2 Å². The van der Waals surface area contributed by atoms with Gasteiger partial charge in [0.05, 0.1) is 6.42 Å². The number of nitrogens with zero attached hydrogens (tertiary/aromatic N) is 1. The van der Waals surface area contributed by atoms with Gasteiger partial charge in [0, 0.05) is 17.1 Å². The van der Waals surface area contributed by atoms with E-state index in [9.17, 15) is 9.59 Å². The van der Waals surface area contributed by atoms with Crippen LogP contribution in [-0.2, 0) is 22.6 Å². The van der Waals surface area contributed by atoms with E-state index in [-0.39, 0.29) is 23.8 Å². The summed E-state index contributed by atoms with van der Waals surface area (Å²) >= 11 is 6.37. The van der Waals surface area contributed by atoms with Crippen LogP contribution in [-0.4, -0.2) is 28.3 Å². The second-order valence-corrected chi connectivity index (χ2v) is 9.36.